The van der Waals surface area contributed by atoms with E-state index in [0.29, 0.717) is 13.0 Å². The molecule has 1 aliphatic rings. The standard InChI is InChI=1S/C12H16N2O4S/c1-7-6-19-12(18)14(7)5-10(15)13-4-3-9(8(13)2)11(16)17/h6,8-9H,3-5H2,1-2H3,(H,16,17). The van der Waals surface area contributed by atoms with Crippen molar-refractivity contribution < 1.29 is 14.7 Å². The van der Waals surface area contributed by atoms with Gasteiger partial charge in [-0.3, -0.25) is 19.0 Å². The molecule has 1 saturated heterocycles. The Morgan fingerprint density at radius 1 is 1.53 bits per heavy atom. The van der Waals surface area contributed by atoms with E-state index in [-0.39, 0.29) is 23.4 Å². The molecule has 1 N–H and O–H groups in total. The Labute approximate surface area is 114 Å². The molecular formula is C12H16N2O4S. The molecule has 0 saturated carbocycles. The zero-order valence-electron chi connectivity index (χ0n) is 10.8. The molecule has 0 bridgehead atoms. The van der Waals surface area contributed by atoms with Crippen LogP contribution in [0, 0.1) is 12.8 Å². The summed E-state index contributed by atoms with van der Waals surface area (Å²) in [6.45, 7) is 3.95. The van der Waals surface area contributed by atoms with E-state index in [2.05, 4.69) is 0 Å². The van der Waals surface area contributed by atoms with E-state index >= 15 is 0 Å². The van der Waals surface area contributed by atoms with Gasteiger partial charge in [-0.25, -0.2) is 0 Å². The first-order chi connectivity index (χ1) is 8.91. The van der Waals surface area contributed by atoms with Crippen LogP contribution in [0.25, 0.3) is 0 Å². The molecule has 2 unspecified atom stereocenters. The van der Waals surface area contributed by atoms with E-state index < -0.39 is 11.9 Å². The molecule has 0 aromatic carbocycles. The second kappa shape index (κ2) is 5.16. The molecule has 1 aliphatic heterocycles. The number of hydrogen-bond acceptors (Lipinski definition) is 4. The van der Waals surface area contributed by atoms with Crippen molar-refractivity contribution in [2.75, 3.05) is 6.54 Å². The summed E-state index contributed by atoms with van der Waals surface area (Å²) in [4.78, 5) is 36.1. The molecular weight excluding hydrogens is 268 g/mol. The number of aryl methyl sites for hydroxylation is 1. The molecule has 1 amide bonds. The van der Waals surface area contributed by atoms with Crippen LogP contribution in [0.4, 0.5) is 0 Å². The molecule has 6 nitrogen and oxygen atoms in total. The zero-order chi connectivity index (χ0) is 14.2. The summed E-state index contributed by atoms with van der Waals surface area (Å²) >= 11 is 1.06. The number of carbonyl (C=O) groups is 2. The monoisotopic (exact) mass is 284 g/mol. The van der Waals surface area contributed by atoms with Gasteiger partial charge >= 0.3 is 10.8 Å². The summed E-state index contributed by atoms with van der Waals surface area (Å²) in [5.41, 5.74) is 0.755. The minimum Gasteiger partial charge on any atom is -0.481 e. The van der Waals surface area contributed by atoms with Crippen LogP contribution in [-0.2, 0) is 16.1 Å². The maximum absolute atomic E-state index is 12.2. The SMILES string of the molecule is Cc1csc(=O)n1CC(=O)N1CCC(C(=O)O)C1C. The Hall–Kier alpha value is -1.63. The highest BCUT2D eigenvalue weighted by Crippen LogP contribution is 2.24. The van der Waals surface area contributed by atoms with Gasteiger partial charge in [-0.1, -0.05) is 11.3 Å². The fraction of sp³-hybridized carbons (Fsp3) is 0.583. The fourth-order valence-electron chi connectivity index (χ4n) is 2.44. The summed E-state index contributed by atoms with van der Waals surface area (Å²) < 4.78 is 1.42. The topological polar surface area (TPSA) is 79.6 Å². The molecule has 2 atom stereocenters. The van der Waals surface area contributed by atoms with Crippen LogP contribution < -0.4 is 4.87 Å². The quantitative estimate of drug-likeness (QED) is 0.878. The predicted molar refractivity (Wildman–Crippen MR) is 70.2 cm³/mol. The number of rotatable bonds is 3. The van der Waals surface area contributed by atoms with Gasteiger partial charge < -0.3 is 10.0 Å². The average molecular weight is 284 g/mol. The van der Waals surface area contributed by atoms with E-state index in [0.717, 1.165) is 17.0 Å². The van der Waals surface area contributed by atoms with Gasteiger partial charge in [0, 0.05) is 23.7 Å². The number of aliphatic carboxylic acids is 1. The van der Waals surface area contributed by atoms with Crippen molar-refractivity contribution >= 4 is 23.2 Å². The third-order valence-electron chi connectivity index (χ3n) is 3.66. The smallest absolute Gasteiger partial charge is 0.308 e. The number of thiazole rings is 1. The summed E-state index contributed by atoms with van der Waals surface area (Å²) in [5.74, 6) is -1.57. The van der Waals surface area contributed by atoms with Crippen molar-refractivity contribution in [1.82, 2.24) is 9.47 Å². The minimum absolute atomic E-state index is 0.00908. The van der Waals surface area contributed by atoms with Crippen molar-refractivity contribution in [3.05, 3.63) is 20.7 Å². The van der Waals surface area contributed by atoms with E-state index in [4.69, 9.17) is 5.11 Å². The maximum atomic E-state index is 12.2. The largest absolute Gasteiger partial charge is 0.481 e. The molecule has 19 heavy (non-hydrogen) atoms. The van der Waals surface area contributed by atoms with Crippen LogP contribution in [0.3, 0.4) is 0 Å². The van der Waals surface area contributed by atoms with Gasteiger partial charge in [0.15, 0.2) is 0 Å². The van der Waals surface area contributed by atoms with Crippen molar-refractivity contribution in [1.29, 1.82) is 0 Å². The lowest BCUT2D eigenvalue weighted by molar-refractivity contribution is -0.143. The highest BCUT2D eigenvalue weighted by Gasteiger charge is 2.38. The maximum Gasteiger partial charge on any atom is 0.308 e. The lowest BCUT2D eigenvalue weighted by Crippen LogP contribution is -2.40. The highest BCUT2D eigenvalue weighted by atomic mass is 32.1. The van der Waals surface area contributed by atoms with Crippen LogP contribution in [-0.4, -0.2) is 39.0 Å². The summed E-state index contributed by atoms with van der Waals surface area (Å²) in [6, 6.07) is -0.320. The van der Waals surface area contributed by atoms with Crippen LogP contribution in [0.2, 0.25) is 0 Å². The predicted octanol–water partition coefficient (Wildman–Crippen LogP) is 0.540. The van der Waals surface area contributed by atoms with Gasteiger partial charge in [-0.05, 0) is 20.3 Å². The molecule has 104 valence electrons. The number of hydrogen-bond donors (Lipinski definition) is 1. The number of likely N-dealkylation sites (tertiary alicyclic amines) is 1. The van der Waals surface area contributed by atoms with E-state index in [9.17, 15) is 14.4 Å². The Bertz CT molecular complexity index is 562. The molecule has 1 aromatic heterocycles. The van der Waals surface area contributed by atoms with Crippen LogP contribution in [0.1, 0.15) is 19.0 Å². The Morgan fingerprint density at radius 2 is 2.21 bits per heavy atom. The number of nitrogens with zero attached hydrogens (tertiary/aromatic N) is 2. The zero-order valence-corrected chi connectivity index (χ0v) is 11.6. The molecule has 1 fully saturated rings. The Kier molecular flexibility index (Phi) is 3.75. The summed E-state index contributed by atoms with van der Waals surface area (Å²) in [5, 5.41) is 10.7. The van der Waals surface area contributed by atoms with Crippen molar-refractivity contribution in [2.24, 2.45) is 5.92 Å². The van der Waals surface area contributed by atoms with E-state index in [1.54, 1.807) is 24.1 Å². The van der Waals surface area contributed by atoms with Crippen LogP contribution in [0.15, 0.2) is 10.2 Å². The third kappa shape index (κ3) is 2.56. The summed E-state index contributed by atoms with van der Waals surface area (Å²) in [7, 11) is 0. The van der Waals surface area contributed by atoms with Gasteiger partial charge in [-0.15, -0.1) is 0 Å². The molecule has 0 radical (unpaired) electrons. The van der Waals surface area contributed by atoms with Crippen molar-refractivity contribution in [3.8, 4) is 0 Å². The van der Waals surface area contributed by atoms with Crippen LogP contribution in [0.5, 0.6) is 0 Å². The molecule has 2 rings (SSSR count). The van der Waals surface area contributed by atoms with Gasteiger partial charge in [0.25, 0.3) is 0 Å². The highest BCUT2D eigenvalue weighted by molar-refractivity contribution is 7.07. The minimum atomic E-state index is -0.869. The van der Waals surface area contributed by atoms with Crippen molar-refractivity contribution in [3.63, 3.8) is 0 Å². The van der Waals surface area contributed by atoms with Gasteiger partial charge in [0.2, 0.25) is 5.91 Å². The normalized spacial score (nSPS) is 22.7. The number of amides is 1. The van der Waals surface area contributed by atoms with Crippen molar-refractivity contribution in [2.45, 2.75) is 32.9 Å². The molecule has 0 aliphatic carbocycles. The lowest BCUT2D eigenvalue weighted by Gasteiger charge is -2.23. The number of aromatic nitrogens is 1. The first kappa shape index (κ1) is 13.8. The lowest BCUT2D eigenvalue weighted by atomic mass is 10.0. The van der Waals surface area contributed by atoms with E-state index in [1.165, 1.54) is 4.57 Å². The van der Waals surface area contributed by atoms with Gasteiger partial charge in [0.1, 0.15) is 6.54 Å². The second-order valence-electron chi connectivity index (χ2n) is 4.79. The first-order valence-electron chi connectivity index (χ1n) is 6.09. The first-order valence-corrected chi connectivity index (χ1v) is 6.97. The molecule has 0 spiro atoms. The number of carboxylic acid groups (broad SMARTS) is 1. The Balaban J connectivity index is 2.10. The number of carboxylic acids is 1. The molecule has 1 aromatic rings. The van der Waals surface area contributed by atoms with Gasteiger partial charge in [0.05, 0.1) is 5.92 Å². The van der Waals surface area contributed by atoms with Gasteiger partial charge in [-0.2, -0.15) is 0 Å². The van der Waals surface area contributed by atoms with Crippen LogP contribution >= 0.6 is 11.3 Å². The molecule has 2 heterocycles. The number of carbonyl (C=O) groups excluding carboxylic acids is 1. The Morgan fingerprint density at radius 3 is 2.68 bits per heavy atom. The average Bonchev–Trinajstić information content (AvgIpc) is 2.86. The second-order valence-corrected chi connectivity index (χ2v) is 5.61. The third-order valence-corrected chi connectivity index (χ3v) is 4.54. The summed E-state index contributed by atoms with van der Waals surface area (Å²) in [6.07, 6.45) is 0.472. The van der Waals surface area contributed by atoms with E-state index in [1.807, 2.05) is 0 Å². The molecule has 7 heteroatoms. The fourth-order valence-corrected chi connectivity index (χ4v) is 3.18.